The minimum Gasteiger partial charge on any atom is -0.224 e. The summed E-state index contributed by atoms with van der Waals surface area (Å²) in [6, 6.07) is 25.0. The maximum absolute atomic E-state index is 12.1. The lowest BCUT2D eigenvalue weighted by atomic mass is 9.95. The van der Waals surface area contributed by atoms with Gasteiger partial charge in [0.15, 0.2) is 9.84 Å². The van der Waals surface area contributed by atoms with Crippen LogP contribution < -0.4 is 0 Å². The van der Waals surface area contributed by atoms with E-state index >= 15 is 0 Å². The maximum atomic E-state index is 12.1. The zero-order chi connectivity index (χ0) is 15.6. The molecule has 0 bridgehead atoms. The van der Waals surface area contributed by atoms with Crippen LogP contribution in [-0.2, 0) is 9.84 Å². The van der Waals surface area contributed by atoms with Gasteiger partial charge >= 0.3 is 0 Å². The Morgan fingerprint density at radius 2 is 1.09 bits per heavy atom. The van der Waals surface area contributed by atoms with Gasteiger partial charge in [0.05, 0.1) is 4.90 Å². The van der Waals surface area contributed by atoms with Gasteiger partial charge in [-0.25, -0.2) is 8.42 Å². The van der Waals surface area contributed by atoms with Crippen LogP contribution in [0.5, 0.6) is 0 Å². The van der Waals surface area contributed by atoms with Crippen LogP contribution in [0.2, 0.25) is 0 Å². The molecule has 0 aliphatic heterocycles. The molecule has 0 spiro atoms. The van der Waals surface area contributed by atoms with E-state index in [1.165, 1.54) is 6.26 Å². The standard InChI is InChI=1S/C19H16O2S/c1-22(20,21)19-14-8-7-13-18(19)17-12-6-5-11-16(17)15-9-3-2-4-10-15/h2-14H,1H3. The van der Waals surface area contributed by atoms with Gasteiger partial charge in [0.1, 0.15) is 0 Å². The molecule has 0 fully saturated rings. The Kier molecular flexibility index (Phi) is 3.82. The van der Waals surface area contributed by atoms with Gasteiger partial charge in [-0.3, -0.25) is 0 Å². The highest BCUT2D eigenvalue weighted by Crippen LogP contribution is 2.35. The first kappa shape index (κ1) is 14.5. The first-order valence-corrected chi connectivity index (χ1v) is 8.90. The Morgan fingerprint density at radius 1 is 0.591 bits per heavy atom. The number of rotatable bonds is 3. The first-order valence-electron chi connectivity index (χ1n) is 7.01. The monoisotopic (exact) mass is 308 g/mol. The molecule has 0 saturated heterocycles. The third-order valence-corrected chi connectivity index (χ3v) is 4.74. The topological polar surface area (TPSA) is 34.1 Å². The summed E-state index contributed by atoms with van der Waals surface area (Å²) in [5.41, 5.74) is 3.76. The van der Waals surface area contributed by atoms with Crippen LogP contribution in [0.15, 0.2) is 83.8 Å². The number of sulfone groups is 1. The second kappa shape index (κ2) is 5.78. The van der Waals surface area contributed by atoms with Crippen molar-refractivity contribution >= 4 is 9.84 Å². The van der Waals surface area contributed by atoms with E-state index in [1.807, 2.05) is 66.7 Å². The highest BCUT2D eigenvalue weighted by atomic mass is 32.2. The fraction of sp³-hybridized carbons (Fsp3) is 0.0526. The third-order valence-electron chi connectivity index (χ3n) is 3.59. The quantitative estimate of drug-likeness (QED) is 0.717. The third kappa shape index (κ3) is 2.81. The fourth-order valence-corrected chi connectivity index (χ4v) is 3.50. The average molecular weight is 308 g/mol. The number of hydrogen-bond acceptors (Lipinski definition) is 2. The lowest BCUT2D eigenvalue weighted by Gasteiger charge is -2.13. The van der Waals surface area contributed by atoms with Crippen molar-refractivity contribution in [3.63, 3.8) is 0 Å². The van der Waals surface area contributed by atoms with E-state index in [2.05, 4.69) is 0 Å². The van der Waals surface area contributed by atoms with Crippen molar-refractivity contribution in [2.75, 3.05) is 6.26 Å². The molecule has 3 rings (SSSR count). The lowest BCUT2D eigenvalue weighted by Crippen LogP contribution is -2.00. The summed E-state index contributed by atoms with van der Waals surface area (Å²) < 4.78 is 24.1. The normalized spacial score (nSPS) is 11.3. The van der Waals surface area contributed by atoms with Crippen molar-refractivity contribution in [1.82, 2.24) is 0 Å². The predicted octanol–water partition coefficient (Wildman–Crippen LogP) is 4.42. The molecule has 3 aromatic rings. The van der Waals surface area contributed by atoms with Crippen molar-refractivity contribution in [3.05, 3.63) is 78.9 Å². The van der Waals surface area contributed by atoms with E-state index < -0.39 is 9.84 Å². The van der Waals surface area contributed by atoms with E-state index in [-0.39, 0.29) is 0 Å². The van der Waals surface area contributed by atoms with Crippen LogP contribution in [0, 0.1) is 0 Å². The minimum absolute atomic E-state index is 0.360. The van der Waals surface area contributed by atoms with Crippen molar-refractivity contribution in [3.8, 4) is 22.3 Å². The van der Waals surface area contributed by atoms with Crippen LogP contribution in [0.3, 0.4) is 0 Å². The van der Waals surface area contributed by atoms with Gasteiger partial charge in [0.2, 0.25) is 0 Å². The summed E-state index contributed by atoms with van der Waals surface area (Å²) in [6.07, 6.45) is 1.25. The van der Waals surface area contributed by atoms with E-state index in [0.29, 0.717) is 4.90 Å². The molecule has 0 aliphatic rings. The van der Waals surface area contributed by atoms with Crippen molar-refractivity contribution < 1.29 is 8.42 Å². The largest absolute Gasteiger partial charge is 0.224 e. The Labute approximate surface area is 131 Å². The van der Waals surface area contributed by atoms with Crippen LogP contribution in [0.4, 0.5) is 0 Å². The van der Waals surface area contributed by atoms with Gasteiger partial charge in [-0.1, -0.05) is 72.8 Å². The summed E-state index contributed by atoms with van der Waals surface area (Å²) in [5, 5.41) is 0. The molecule has 0 aromatic heterocycles. The van der Waals surface area contributed by atoms with Crippen molar-refractivity contribution in [2.24, 2.45) is 0 Å². The van der Waals surface area contributed by atoms with Gasteiger partial charge in [0, 0.05) is 11.8 Å². The first-order chi connectivity index (χ1) is 10.6. The van der Waals surface area contributed by atoms with Gasteiger partial charge in [-0.15, -0.1) is 0 Å². The molecule has 0 unspecified atom stereocenters. The zero-order valence-corrected chi connectivity index (χ0v) is 13.0. The van der Waals surface area contributed by atoms with Gasteiger partial charge in [-0.2, -0.15) is 0 Å². The molecule has 3 heteroatoms. The summed E-state index contributed by atoms with van der Waals surface area (Å²) in [5.74, 6) is 0. The Hall–Kier alpha value is -2.39. The molecule has 0 saturated carbocycles. The molecule has 0 heterocycles. The summed E-state index contributed by atoms with van der Waals surface area (Å²) in [4.78, 5) is 0.360. The molecule has 0 radical (unpaired) electrons. The molecule has 110 valence electrons. The summed E-state index contributed by atoms with van der Waals surface area (Å²) >= 11 is 0. The van der Waals surface area contributed by atoms with Gasteiger partial charge < -0.3 is 0 Å². The molecular weight excluding hydrogens is 292 g/mol. The summed E-state index contributed by atoms with van der Waals surface area (Å²) in [7, 11) is -3.28. The summed E-state index contributed by atoms with van der Waals surface area (Å²) in [6.45, 7) is 0. The Bertz CT molecular complexity index is 897. The highest BCUT2D eigenvalue weighted by molar-refractivity contribution is 7.90. The van der Waals surface area contributed by atoms with Crippen molar-refractivity contribution in [2.45, 2.75) is 4.90 Å². The Morgan fingerprint density at radius 3 is 1.73 bits per heavy atom. The van der Waals surface area contributed by atoms with Crippen LogP contribution >= 0.6 is 0 Å². The Balaban J connectivity index is 2.28. The minimum atomic E-state index is -3.28. The van der Waals surface area contributed by atoms with Crippen molar-refractivity contribution in [1.29, 1.82) is 0 Å². The van der Waals surface area contributed by atoms with Gasteiger partial charge in [0.25, 0.3) is 0 Å². The molecule has 0 atom stereocenters. The van der Waals surface area contributed by atoms with Gasteiger partial charge in [-0.05, 0) is 22.8 Å². The molecule has 22 heavy (non-hydrogen) atoms. The zero-order valence-electron chi connectivity index (χ0n) is 12.2. The van der Waals surface area contributed by atoms with E-state index in [1.54, 1.807) is 12.1 Å². The van der Waals surface area contributed by atoms with Crippen LogP contribution in [-0.4, -0.2) is 14.7 Å². The maximum Gasteiger partial charge on any atom is 0.176 e. The van der Waals surface area contributed by atoms with E-state index in [9.17, 15) is 8.42 Å². The van der Waals surface area contributed by atoms with E-state index in [0.717, 1.165) is 22.3 Å². The fourth-order valence-electron chi connectivity index (χ4n) is 2.60. The highest BCUT2D eigenvalue weighted by Gasteiger charge is 2.16. The second-order valence-corrected chi connectivity index (χ2v) is 7.16. The molecular formula is C19H16O2S. The SMILES string of the molecule is CS(=O)(=O)c1ccccc1-c1ccccc1-c1ccccc1. The number of benzene rings is 3. The molecule has 0 amide bonds. The lowest BCUT2D eigenvalue weighted by molar-refractivity contribution is 0.602. The average Bonchev–Trinajstić information content (AvgIpc) is 2.55. The molecule has 0 N–H and O–H groups in total. The van der Waals surface area contributed by atoms with Crippen LogP contribution in [0.1, 0.15) is 0 Å². The predicted molar refractivity (Wildman–Crippen MR) is 90.4 cm³/mol. The smallest absolute Gasteiger partial charge is 0.176 e. The van der Waals surface area contributed by atoms with Crippen LogP contribution in [0.25, 0.3) is 22.3 Å². The second-order valence-electron chi connectivity index (χ2n) is 5.18. The molecule has 3 aromatic carbocycles. The number of hydrogen-bond donors (Lipinski definition) is 0. The molecule has 0 aliphatic carbocycles. The molecule has 2 nitrogen and oxygen atoms in total. The van der Waals surface area contributed by atoms with E-state index in [4.69, 9.17) is 0 Å².